The summed E-state index contributed by atoms with van der Waals surface area (Å²) in [6.07, 6.45) is -4.76. The Morgan fingerprint density at radius 2 is 1.83 bits per heavy atom. The Bertz CT molecular complexity index is 735. The Hall–Kier alpha value is -1.93. The maximum absolute atomic E-state index is 13.2. The Balaban J connectivity index is 2.49. The molecule has 4 nitrogen and oxygen atoms in total. The molecule has 2 rings (SSSR count). The van der Waals surface area contributed by atoms with Crippen molar-refractivity contribution in [3.63, 3.8) is 0 Å². The first-order chi connectivity index (χ1) is 10.7. The van der Waals surface area contributed by atoms with Crippen LogP contribution in [0.25, 0.3) is 0 Å². The third kappa shape index (κ3) is 4.08. The van der Waals surface area contributed by atoms with Crippen LogP contribution in [0.2, 0.25) is 5.02 Å². The van der Waals surface area contributed by atoms with Gasteiger partial charge in [-0.15, -0.1) is 0 Å². The van der Waals surface area contributed by atoms with Gasteiger partial charge >= 0.3 is 6.18 Å². The van der Waals surface area contributed by atoms with Gasteiger partial charge < -0.3 is 4.74 Å². The fourth-order valence-corrected chi connectivity index (χ4v) is 3.04. The van der Waals surface area contributed by atoms with Crippen LogP contribution in [-0.2, 0) is 6.18 Å². The smallest absolute Gasteiger partial charge is 0.417 e. The van der Waals surface area contributed by atoms with Crippen molar-refractivity contribution in [2.75, 3.05) is 7.11 Å². The van der Waals surface area contributed by atoms with Crippen LogP contribution in [0.1, 0.15) is 5.56 Å². The molecule has 122 valence electrons. The van der Waals surface area contributed by atoms with Crippen molar-refractivity contribution < 1.29 is 22.8 Å². The quantitative estimate of drug-likeness (QED) is 0.537. The fraction of sp³-hybridized carbons (Fsp3) is 0.143. The number of benzene rings is 2. The SMILES string of the molecule is COc1ccc(Sc2c(Cl)cc([N+](=O)[O-])cc2C(F)(F)F)cc1. The average molecular weight is 364 g/mol. The van der Waals surface area contributed by atoms with Crippen LogP contribution in [0.3, 0.4) is 0 Å². The Morgan fingerprint density at radius 3 is 2.30 bits per heavy atom. The van der Waals surface area contributed by atoms with Crippen molar-refractivity contribution in [3.05, 3.63) is 57.1 Å². The molecular formula is C14H9ClF3NO3S. The molecule has 0 unspecified atom stereocenters. The minimum atomic E-state index is -4.76. The maximum Gasteiger partial charge on any atom is 0.417 e. The molecule has 0 bridgehead atoms. The van der Waals surface area contributed by atoms with Crippen LogP contribution < -0.4 is 4.74 Å². The van der Waals surface area contributed by atoms with E-state index in [0.717, 1.165) is 17.8 Å². The highest BCUT2D eigenvalue weighted by molar-refractivity contribution is 7.99. The number of ether oxygens (including phenoxy) is 1. The number of hydrogen-bond acceptors (Lipinski definition) is 4. The second-order valence-corrected chi connectivity index (χ2v) is 5.83. The third-order valence-electron chi connectivity index (χ3n) is 2.82. The number of hydrogen-bond donors (Lipinski definition) is 0. The van der Waals surface area contributed by atoms with E-state index in [1.165, 1.54) is 7.11 Å². The molecule has 23 heavy (non-hydrogen) atoms. The third-order valence-corrected chi connectivity index (χ3v) is 4.39. The highest BCUT2D eigenvalue weighted by Gasteiger charge is 2.36. The van der Waals surface area contributed by atoms with E-state index >= 15 is 0 Å². The van der Waals surface area contributed by atoms with Gasteiger partial charge in [-0.3, -0.25) is 10.1 Å². The Morgan fingerprint density at radius 1 is 1.22 bits per heavy atom. The highest BCUT2D eigenvalue weighted by Crippen LogP contribution is 2.45. The van der Waals surface area contributed by atoms with Crippen molar-refractivity contribution in [3.8, 4) is 5.75 Å². The summed E-state index contributed by atoms with van der Waals surface area (Å²) in [4.78, 5) is 10.0. The predicted octanol–water partition coefficient (Wildman–Crippen LogP) is 5.43. The maximum atomic E-state index is 13.2. The lowest BCUT2D eigenvalue weighted by molar-refractivity contribution is -0.385. The van der Waals surface area contributed by atoms with Gasteiger partial charge in [0.1, 0.15) is 5.75 Å². The second kappa shape index (κ2) is 6.67. The lowest BCUT2D eigenvalue weighted by Gasteiger charge is -2.14. The van der Waals surface area contributed by atoms with Crippen LogP contribution in [0.15, 0.2) is 46.2 Å². The standard InChI is InChI=1S/C14H9ClF3NO3S/c1-22-9-2-4-10(5-3-9)23-13-11(14(16,17)18)6-8(19(20)21)7-12(13)15/h2-7H,1H3. The molecule has 2 aromatic carbocycles. The largest absolute Gasteiger partial charge is 0.497 e. The van der Waals surface area contributed by atoms with Gasteiger partial charge in [0.05, 0.1) is 22.6 Å². The summed E-state index contributed by atoms with van der Waals surface area (Å²) in [5, 5.41) is 10.4. The van der Waals surface area contributed by atoms with Gasteiger partial charge in [-0.05, 0) is 24.3 Å². The normalized spacial score (nSPS) is 11.3. The average Bonchev–Trinajstić information content (AvgIpc) is 2.48. The first-order valence-electron chi connectivity index (χ1n) is 6.09. The number of alkyl halides is 3. The topological polar surface area (TPSA) is 52.4 Å². The van der Waals surface area contributed by atoms with E-state index in [9.17, 15) is 23.3 Å². The number of methoxy groups -OCH3 is 1. The van der Waals surface area contributed by atoms with Gasteiger partial charge in [-0.2, -0.15) is 13.2 Å². The van der Waals surface area contributed by atoms with E-state index in [1.807, 2.05) is 0 Å². The lowest BCUT2D eigenvalue weighted by Crippen LogP contribution is -2.08. The van der Waals surface area contributed by atoms with E-state index in [4.69, 9.17) is 16.3 Å². The number of nitro benzene ring substituents is 1. The summed E-state index contributed by atoms with van der Waals surface area (Å²) in [6.45, 7) is 0. The Kier molecular flexibility index (Phi) is 5.06. The molecule has 0 heterocycles. The van der Waals surface area contributed by atoms with Gasteiger partial charge in [-0.25, -0.2) is 0 Å². The second-order valence-electron chi connectivity index (χ2n) is 4.34. The van der Waals surface area contributed by atoms with Crippen molar-refractivity contribution in [1.82, 2.24) is 0 Å². The number of nitro groups is 1. The van der Waals surface area contributed by atoms with E-state index in [2.05, 4.69) is 0 Å². The van der Waals surface area contributed by atoms with Crippen LogP contribution in [-0.4, -0.2) is 12.0 Å². The molecule has 0 aliphatic heterocycles. The van der Waals surface area contributed by atoms with Gasteiger partial charge in [0, 0.05) is 21.9 Å². The van der Waals surface area contributed by atoms with Gasteiger partial charge in [-0.1, -0.05) is 23.4 Å². The van der Waals surface area contributed by atoms with Gasteiger partial charge in [0.25, 0.3) is 5.69 Å². The summed E-state index contributed by atoms with van der Waals surface area (Å²) >= 11 is 6.62. The molecule has 0 fully saturated rings. The molecule has 0 aliphatic rings. The zero-order chi connectivity index (χ0) is 17.2. The lowest BCUT2D eigenvalue weighted by atomic mass is 10.2. The molecule has 0 atom stereocenters. The molecule has 2 aromatic rings. The minimum absolute atomic E-state index is 0.282. The minimum Gasteiger partial charge on any atom is -0.497 e. The van der Waals surface area contributed by atoms with Crippen LogP contribution in [0.4, 0.5) is 18.9 Å². The molecule has 0 aromatic heterocycles. The monoisotopic (exact) mass is 363 g/mol. The molecule has 0 saturated carbocycles. The Labute approximate surface area is 138 Å². The number of halogens is 4. The fourth-order valence-electron chi connectivity index (χ4n) is 1.76. The first-order valence-corrected chi connectivity index (χ1v) is 7.29. The molecule has 9 heteroatoms. The van der Waals surface area contributed by atoms with Crippen LogP contribution >= 0.6 is 23.4 Å². The number of rotatable bonds is 4. The first kappa shape index (κ1) is 17.4. The van der Waals surface area contributed by atoms with Crippen LogP contribution in [0.5, 0.6) is 5.75 Å². The summed E-state index contributed by atoms with van der Waals surface area (Å²) in [7, 11) is 1.47. The van der Waals surface area contributed by atoms with Crippen LogP contribution in [0, 0.1) is 10.1 Å². The summed E-state index contributed by atoms with van der Waals surface area (Å²) in [5.74, 6) is 0.556. The molecule has 0 aliphatic carbocycles. The molecule has 0 spiro atoms. The predicted molar refractivity (Wildman–Crippen MR) is 80.2 cm³/mol. The summed E-state index contributed by atoms with van der Waals surface area (Å²) in [5.41, 5.74) is -1.85. The zero-order valence-electron chi connectivity index (χ0n) is 11.6. The summed E-state index contributed by atoms with van der Waals surface area (Å²) < 4.78 is 44.5. The molecule has 0 radical (unpaired) electrons. The van der Waals surface area contributed by atoms with E-state index in [-0.39, 0.29) is 9.92 Å². The highest BCUT2D eigenvalue weighted by atomic mass is 35.5. The van der Waals surface area contributed by atoms with E-state index in [1.54, 1.807) is 24.3 Å². The van der Waals surface area contributed by atoms with Crippen molar-refractivity contribution in [1.29, 1.82) is 0 Å². The van der Waals surface area contributed by atoms with Crippen molar-refractivity contribution in [2.45, 2.75) is 16.0 Å². The zero-order valence-corrected chi connectivity index (χ0v) is 13.1. The number of nitrogens with zero attached hydrogens (tertiary/aromatic N) is 1. The van der Waals surface area contributed by atoms with E-state index in [0.29, 0.717) is 16.7 Å². The molecule has 0 N–H and O–H groups in total. The molecule has 0 amide bonds. The van der Waals surface area contributed by atoms with Gasteiger partial charge in [0.15, 0.2) is 0 Å². The van der Waals surface area contributed by atoms with E-state index < -0.39 is 22.4 Å². The van der Waals surface area contributed by atoms with Crippen molar-refractivity contribution >= 4 is 29.1 Å². The molecular weight excluding hydrogens is 355 g/mol. The van der Waals surface area contributed by atoms with Crippen molar-refractivity contribution in [2.24, 2.45) is 0 Å². The number of non-ortho nitro benzene ring substituents is 1. The molecule has 0 saturated heterocycles. The summed E-state index contributed by atoms with van der Waals surface area (Å²) in [6, 6.07) is 7.72. The van der Waals surface area contributed by atoms with Gasteiger partial charge in [0.2, 0.25) is 0 Å².